The van der Waals surface area contributed by atoms with Crippen molar-refractivity contribution in [2.75, 3.05) is 6.54 Å². The van der Waals surface area contributed by atoms with Crippen molar-refractivity contribution in [3.63, 3.8) is 0 Å². The SMILES string of the molecule is CC(C)(C)OC(=O)N1C[C@@H]2CC[C@H](Oc3cc(-n4ccc5ccccc54)ccc3-c3nn[nH]n3)C[C@H]2C[C@H]1C(=O)O. The van der Waals surface area contributed by atoms with Crippen molar-refractivity contribution in [1.82, 2.24) is 30.1 Å². The highest BCUT2D eigenvalue weighted by molar-refractivity contribution is 5.82. The number of likely N-dealkylation sites (tertiary alicyclic amines) is 1. The number of tetrazole rings is 1. The Balaban J connectivity index is 1.24. The third kappa shape index (κ3) is 5.48. The van der Waals surface area contributed by atoms with Crippen LogP contribution in [0.4, 0.5) is 4.79 Å². The minimum Gasteiger partial charge on any atom is -0.490 e. The number of hydrogen-bond acceptors (Lipinski definition) is 7. The lowest BCUT2D eigenvalue weighted by Crippen LogP contribution is -2.56. The number of carboxylic acid groups (broad SMARTS) is 1. The molecule has 0 radical (unpaired) electrons. The number of hydrogen-bond donors (Lipinski definition) is 2. The van der Waals surface area contributed by atoms with E-state index in [2.05, 4.69) is 43.4 Å². The van der Waals surface area contributed by atoms with Gasteiger partial charge in [-0.15, -0.1) is 10.2 Å². The topological polar surface area (TPSA) is 135 Å². The summed E-state index contributed by atoms with van der Waals surface area (Å²) >= 11 is 0. The maximum atomic E-state index is 12.9. The number of aromatic amines is 1. The molecule has 1 aliphatic heterocycles. The molecule has 11 heteroatoms. The van der Waals surface area contributed by atoms with Crippen LogP contribution in [0.1, 0.15) is 46.5 Å². The number of nitrogens with one attached hydrogen (secondary N) is 1. The van der Waals surface area contributed by atoms with Crippen LogP contribution in [0.3, 0.4) is 0 Å². The van der Waals surface area contributed by atoms with E-state index in [9.17, 15) is 14.7 Å². The van der Waals surface area contributed by atoms with Crippen LogP contribution >= 0.6 is 0 Å². The second-order valence-corrected chi connectivity index (χ2v) is 12.0. The Morgan fingerprint density at radius 1 is 1.05 bits per heavy atom. The van der Waals surface area contributed by atoms with E-state index in [1.165, 1.54) is 4.90 Å². The van der Waals surface area contributed by atoms with Gasteiger partial charge in [0.1, 0.15) is 17.4 Å². The largest absolute Gasteiger partial charge is 0.490 e. The standard InChI is InChI=1S/C30H34N6O5/c1-30(2,3)41-29(39)36-17-19-8-10-22(14-20(19)15-25(36)28(37)38)40-26-16-21(9-11-23(26)27-31-33-34-32-27)35-13-12-18-6-4-5-7-24(18)35/h4-7,9,11-13,16,19-20,22,25H,8,10,14-15,17H2,1-3H3,(H,37,38)(H,31,32,33,34)/t19-,20-,22-,25-/m0/s1. The number of benzene rings is 2. The number of fused-ring (bicyclic) bond motifs is 2. The first-order valence-electron chi connectivity index (χ1n) is 14.0. The van der Waals surface area contributed by atoms with Gasteiger partial charge >= 0.3 is 12.1 Å². The minimum atomic E-state index is -1.01. The Hall–Kier alpha value is -4.41. The van der Waals surface area contributed by atoms with Crippen LogP contribution in [0.25, 0.3) is 28.0 Å². The van der Waals surface area contributed by atoms with Crippen molar-refractivity contribution in [2.24, 2.45) is 11.8 Å². The fourth-order valence-corrected chi connectivity index (χ4v) is 6.18. The number of carbonyl (C=O) groups excluding carboxylic acids is 1. The van der Waals surface area contributed by atoms with Crippen LogP contribution in [-0.2, 0) is 9.53 Å². The van der Waals surface area contributed by atoms with Gasteiger partial charge in [-0.25, -0.2) is 9.59 Å². The molecule has 0 unspecified atom stereocenters. The highest BCUT2D eigenvalue weighted by atomic mass is 16.6. The number of rotatable bonds is 5. The smallest absolute Gasteiger partial charge is 0.411 e. The highest BCUT2D eigenvalue weighted by Crippen LogP contribution is 2.42. The summed E-state index contributed by atoms with van der Waals surface area (Å²) in [4.78, 5) is 26.5. The summed E-state index contributed by atoms with van der Waals surface area (Å²) in [5.74, 6) is 0.370. The zero-order valence-electron chi connectivity index (χ0n) is 23.4. The van der Waals surface area contributed by atoms with Crippen molar-refractivity contribution < 1.29 is 24.2 Å². The molecule has 1 saturated carbocycles. The van der Waals surface area contributed by atoms with Crippen molar-refractivity contribution in [3.8, 4) is 22.8 Å². The van der Waals surface area contributed by atoms with E-state index in [0.717, 1.165) is 35.0 Å². The molecular weight excluding hydrogens is 524 g/mol. The normalized spacial score (nSPS) is 22.8. The number of aromatic nitrogens is 5. The number of carboxylic acids is 1. The third-order valence-corrected chi connectivity index (χ3v) is 8.06. The molecule has 6 rings (SSSR count). The summed E-state index contributed by atoms with van der Waals surface area (Å²) in [7, 11) is 0. The lowest BCUT2D eigenvalue weighted by atomic mass is 9.72. The van der Waals surface area contributed by atoms with Gasteiger partial charge in [-0.2, -0.15) is 5.21 Å². The van der Waals surface area contributed by atoms with Crippen LogP contribution in [0.2, 0.25) is 0 Å². The van der Waals surface area contributed by atoms with Gasteiger partial charge in [0, 0.05) is 24.5 Å². The molecule has 1 aliphatic carbocycles. The van der Waals surface area contributed by atoms with Gasteiger partial charge in [0.15, 0.2) is 0 Å². The Kier molecular flexibility index (Phi) is 6.88. The summed E-state index contributed by atoms with van der Waals surface area (Å²) in [5.41, 5.74) is 2.06. The second kappa shape index (κ2) is 10.5. The van der Waals surface area contributed by atoms with Gasteiger partial charge in [0.2, 0.25) is 5.82 Å². The first kappa shape index (κ1) is 26.8. The van der Waals surface area contributed by atoms with Gasteiger partial charge in [-0.05, 0) is 93.2 Å². The molecule has 4 atom stereocenters. The Morgan fingerprint density at radius 2 is 1.88 bits per heavy atom. The maximum absolute atomic E-state index is 12.9. The molecule has 2 aromatic heterocycles. The maximum Gasteiger partial charge on any atom is 0.411 e. The summed E-state index contributed by atoms with van der Waals surface area (Å²) in [6.07, 6.45) is 4.00. The van der Waals surface area contributed by atoms with Crippen LogP contribution in [-0.4, -0.2) is 71.6 Å². The van der Waals surface area contributed by atoms with Crippen LogP contribution < -0.4 is 4.74 Å². The summed E-state index contributed by atoms with van der Waals surface area (Å²) in [6, 6.07) is 15.3. The van der Waals surface area contributed by atoms with Gasteiger partial charge in [0.05, 0.1) is 17.2 Å². The highest BCUT2D eigenvalue weighted by Gasteiger charge is 2.45. The van der Waals surface area contributed by atoms with Crippen molar-refractivity contribution in [3.05, 3.63) is 54.7 Å². The molecule has 2 aromatic carbocycles. The number of amides is 1. The van der Waals surface area contributed by atoms with E-state index in [4.69, 9.17) is 9.47 Å². The Morgan fingerprint density at radius 3 is 2.63 bits per heavy atom. The fraction of sp³-hybridized carbons (Fsp3) is 0.433. The van der Waals surface area contributed by atoms with E-state index in [-0.39, 0.29) is 17.9 Å². The molecule has 0 bridgehead atoms. The van der Waals surface area contributed by atoms with Crippen LogP contribution in [0, 0.1) is 11.8 Å². The lowest BCUT2D eigenvalue weighted by molar-refractivity contribution is -0.147. The van der Waals surface area contributed by atoms with E-state index < -0.39 is 23.7 Å². The fourth-order valence-electron chi connectivity index (χ4n) is 6.18. The quantitative estimate of drug-likeness (QED) is 0.347. The second-order valence-electron chi connectivity index (χ2n) is 12.0. The predicted molar refractivity (Wildman–Crippen MR) is 151 cm³/mol. The molecule has 4 aromatic rings. The molecule has 0 spiro atoms. The monoisotopic (exact) mass is 558 g/mol. The van der Waals surface area contributed by atoms with E-state index in [1.807, 2.05) is 36.5 Å². The molecule has 2 fully saturated rings. The summed E-state index contributed by atoms with van der Waals surface area (Å²) in [6.45, 7) is 5.72. The number of nitrogens with zero attached hydrogens (tertiary/aromatic N) is 5. The molecular formula is C30H34N6O5. The predicted octanol–water partition coefficient (Wildman–Crippen LogP) is 5.07. The number of ether oxygens (including phenoxy) is 2. The summed E-state index contributed by atoms with van der Waals surface area (Å²) in [5, 5.41) is 25.7. The molecule has 1 saturated heterocycles. The first-order chi connectivity index (χ1) is 19.7. The number of para-hydroxylation sites is 1. The molecule has 214 valence electrons. The van der Waals surface area contributed by atoms with Gasteiger partial charge in [-0.1, -0.05) is 18.2 Å². The van der Waals surface area contributed by atoms with Gasteiger partial charge in [0.25, 0.3) is 0 Å². The average Bonchev–Trinajstić information content (AvgIpc) is 3.62. The molecule has 11 nitrogen and oxygen atoms in total. The van der Waals surface area contributed by atoms with E-state index in [0.29, 0.717) is 31.0 Å². The molecule has 41 heavy (non-hydrogen) atoms. The van der Waals surface area contributed by atoms with E-state index in [1.54, 1.807) is 20.8 Å². The van der Waals surface area contributed by atoms with Crippen LogP contribution in [0.5, 0.6) is 5.75 Å². The van der Waals surface area contributed by atoms with E-state index >= 15 is 0 Å². The molecule has 3 heterocycles. The Bertz CT molecular complexity index is 1560. The number of aliphatic carboxylic acids is 1. The first-order valence-corrected chi connectivity index (χ1v) is 14.0. The lowest BCUT2D eigenvalue weighted by Gasteiger charge is -2.46. The Labute approximate surface area is 237 Å². The molecule has 2 N–H and O–H groups in total. The number of carbonyl (C=O) groups is 2. The van der Waals surface area contributed by atoms with Gasteiger partial charge < -0.3 is 19.1 Å². The average molecular weight is 559 g/mol. The van der Waals surface area contributed by atoms with Crippen LogP contribution in [0.15, 0.2) is 54.7 Å². The molecule has 2 aliphatic rings. The van der Waals surface area contributed by atoms with Gasteiger partial charge in [-0.3, -0.25) is 4.90 Å². The molecule has 1 amide bonds. The number of H-pyrrole nitrogens is 1. The minimum absolute atomic E-state index is 0.110. The number of piperidine rings is 1. The van der Waals surface area contributed by atoms with Crippen molar-refractivity contribution in [1.29, 1.82) is 0 Å². The van der Waals surface area contributed by atoms with Crippen molar-refractivity contribution in [2.45, 2.75) is 64.2 Å². The zero-order chi connectivity index (χ0) is 28.7. The zero-order valence-corrected chi connectivity index (χ0v) is 23.4. The van der Waals surface area contributed by atoms with Crippen molar-refractivity contribution >= 4 is 23.0 Å². The third-order valence-electron chi connectivity index (χ3n) is 8.06. The summed E-state index contributed by atoms with van der Waals surface area (Å²) < 4.78 is 14.3.